The molecule has 5 N–H and O–H groups in total. The highest BCUT2D eigenvalue weighted by Gasteiger charge is 2.50. The summed E-state index contributed by atoms with van der Waals surface area (Å²) in [7, 11) is 0. The van der Waals surface area contributed by atoms with Gasteiger partial charge in [0.15, 0.2) is 17.7 Å². The van der Waals surface area contributed by atoms with Crippen molar-refractivity contribution < 1.29 is 19.3 Å². The van der Waals surface area contributed by atoms with Crippen LogP contribution < -0.4 is 26.1 Å². The summed E-state index contributed by atoms with van der Waals surface area (Å²) in [6, 6.07) is 11.2. The lowest BCUT2D eigenvalue weighted by Crippen LogP contribution is -2.41. The van der Waals surface area contributed by atoms with Gasteiger partial charge in [-0.05, 0) is 42.3 Å². The quantitative estimate of drug-likeness (QED) is 0.437. The first-order chi connectivity index (χ1) is 15.9. The summed E-state index contributed by atoms with van der Waals surface area (Å²) < 4.78 is 17.7. The number of nitrogens with two attached hydrogens (primary N) is 1. The molecule has 0 aliphatic carbocycles. The molecule has 3 aliphatic heterocycles. The number of nitrogens with zero attached hydrogens (tertiary/aromatic N) is 1. The third-order valence-corrected chi connectivity index (χ3v) is 7.01. The van der Waals surface area contributed by atoms with Gasteiger partial charge >= 0.3 is 0 Å². The Balaban J connectivity index is 0.000000821. The Morgan fingerprint density at radius 1 is 1.18 bits per heavy atom. The molecule has 4 atom stereocenters. The summed E-state index contributed by atoms with van der Waals surface area (Å²) in [5, 5.41) is 18.4. The van der Waals surface area contributed by atoms with Crippen LogP contribution in [0.25, 0.3) is 0 Å². The highest BCUT2D eigenvalue weighted by Crippen LogP contribution is 2.51. The normalized spacial score (nSPS) is 25.0. The Bertz CT molecular complexity index is 1140. The summed E-state index contributed by atoms with van der Waals surface area (Å²) in [6.07, 6.45) is -0.455. The van der Waals surface area contributed by atoms with Crippen molar-refractivity contribution in [3.05, 3.63) is 67.4 Å². The Morgan fingerprint density at radius 2 is 1.88 bits per heavy atom. The predicted octanol–water partition coefficient (Wildman–Crippen LogP) is 4.08. The average molecular weight is 556 g/mol. The molecule has 0 saturated carbocycles. The van der Waals surface area contributed by atoms with Crippen LogP contribution in [0.5, 0.6) is 11.5 Å². The van der Waals surface area contributed by atoms with E-state index in [-0.39, 0.29) is 37.2 Å². The molecule has 3 aliphatic rings. The van der Waals surface area contributed by atoms with E-state index < -0.39 is 6.23 Å². The zero-order valence-electron chi connectivity index (χ0n) is 17.4. The molecule has 0 spiro atoms. The molecule has 0 bridgehead atoms. The Labute approximate surface area is 209 Å². The molecule has 11 heteroatoms. The van der Waals surface area contributed by atoms with Crippen LogP contribution in [0.3, 0.4) is 0 Å². The van der Waals surface area contributed by atoms with Crippen molar-refractivity contribution in [2.24, 2.45) is 11.7 Å². The van der Waals surface area contributed by atoms with Gasteiger partial charge < -0.3 is 25.1 Å². The average Bonchev–Trinajstić information content (AvgIpc) is 3.41. The highest BCUT2D eigenvalue weighted by atomic mass is 79.9. The van der Waals surface area contributed by atoms with Crippen molar-refractivity contribution >= 4 is 39.1 Å². The molecule has 2 aromatic rings. The zero-order valence-corrected chi connectivity index (χ0v) is 20.5. The number of allylic oxidation sites excluding steroid dienone is 1. The number of hydrazine groups is 1. The fourth-order valence-corrected chi connectivity index (χ4v) is 5.11. The number of nitrogens with one attached hydrogen (secondary N) is 2. The highest BCUT2D eigenvalue weighted by molar-refractivity contribution is 9.10. The van der Waals surface area contributed by atoms with Gasteiger partial charge in [-0.3, -0.25) is 0 Å². The van der Waals surface area contributed by atoms with E-state index in [1.165, 1.54) is 0 Å². The molecule has 1 saturated heterocycles. The number of nitriles is 1. The standard InChI is InChI=1S/C20H15BrCl2N4O3.C2H6O/c21-11-5-15-14(28-7-29-15)4-9(11)16-10(6-24)19(25)30-20-17(16)18(26-27-20)8-1-2-12(22)13(23)3-8;1-2-3/h1-5,16-18,20,26-27H,7,25H2;3H,2H2,1H3. The summed E-state index contributed by atoms with van der Waals surface area (Å²) in [5.74, 6) is 0.781. The third-order valence-electron chi connectivity index (χ3n) is 5.58. The maximum absolute atomic E-state index is 9.92. The van der Waals surface area contributed by atoms with Crippen LogP contribution in [0.4, 0.5) is 0 Å². The van der Waals surface area contributed by atoms with Crippen molar-refractivity contribution in [1.29, 1.82) is 5.26 Å². The second kappa shape index (κ2) is 9.97. The van der Waals surface area contributed by atoms with E-state index in [0.29, 0.717) is 27.1 Å². The van der Waals surface area contributed by atoms with Crippen LogP contribution in [0.2, 0.25) is 10.0 Å². The van der Waals surface area contributed by atoms with Gasteiger partial charge in [-0.2, -0.15) is 5.26 Å². The first-order valence-electron chi connectivity index (χ1n) is 10.1. The number of hydrogen-bond acceptors (Lipinski definition) is 8. The van der Waals surface area contributed by atoms with E-state index in [1.807, 2.05) is 24.3 Å². The molecule has 2 aromatic carbocycles. The van der Waals surface area contributed by atoms with Crippen LogP contribution in [0.15, 0.2) is 46.3 Å². The van der Waals surface area contributed by atoms with Gasteiger partial charge in [-0.1, -0.05) is 45.2 Å². The molecule has 174 valence electrons. The summed E-state index contributed by atoms with van der Waals surface area (Å²) in [4.78, 5) is 0. The van der Waals surface area contributed by atoms with E-state index >= 15 is 0 Å². The minimum Gasteiger partial charge on any atom is -0.458 e. The minimum atomic E-state index is -0.455. The Hall–Kier alpha value is -2.19. The monoisotopic (exact) mass is 554 g/mol. The van der Waals surface area contributed by atoms with Crippen molar-refractivity contribution in [3.8, 4) is 17.6 Å². The largest absolute Gasteiger partial charge is 0.458 e. The second-order valence-corrected chi connectivity index (χ2v) is 9.14. The maximum Gasteiger partial charge on any atom is 0.231 e. The van der Waals surface area contributed by atoms with Gasteiger partial charge in [0.05, 0.1) is 21.7 Å². The molecule has 1 fully saturated rings. The van der Waals surface area contributed by atoms with E-state index in [4.69, 9.17) is 48.3 Å². The van der Waals surface area contributed by atoms with Crippen LogP contribution in [0.1, 0.15) is 30.0 Å². The van der Waals surface area contributed by atoms with Crippen molar-refractivity contribution in [3.63, 3.8) is 0 Å². The molecule has 3 heterocycles. The molecule has 0 amide bonds. The van der Waals surface area contributed by atoms with Gasteiger partial charge in [0.2, 0.25) is 12.7 Å². The maximum atomic E-state index is 9.92. The molecule has 5 rings (SSSR count). The smallest absolute Gasteiger partial charge is 0.231 e. The topological polar surface area (TPSA) is 122 Å². The molecular formula is C22H21BrCl2N4O4. The molecule has 0 aromatic heterocycles. The lowest BCUT2D eigenvalue weighted by molar-refractivity contribution is 0.0339. The second-order valence-electron chi connectivity index (χ2n) is 7.47. The molecular weight excluding hydrogens is 535 g/mol. The molecule has 33 heavy (non-hydrogen) atoms. The molecule has 0 radical (unpaired) electrons. The Morgan fingerprint density at radius 3 is 2.55 bits per heavy atom. The van der Waals surface area contributed by atoms with Gasteiger partial charge in [0.1, 0.15) is 6.07 Å². The summed E-state index contributed by atoms with van der Waals surface area (Å²) >= 11 is 16.0. The van der Waals surface area contributed by atoms with Crippen LogP contribution in [-0.4, -0.2) is 24.7 Å². The minimum absolute atomic E-state index is 0.0948. The van der Waals surface area contributed by atoms with Crippen molar-refractivity contribution in [1.82, 2.24) is 10.9 Å². The van der Waals surface area contributed by atoms with Gasteiger partial charge in [0, 0.05) is 22.9 Å². The molecule has 8 nitrogen and oxygen atoms in total. The van der Waals surface area contributed by atoms with Gasteiger partial charge in [0.25, 0.3) is 0 Å². The fraction of sp³-hybridized carbons (Fsp3) is 0.318. The first-order valence-corrected chi connectivity index (χ1v) is 11.7. The number of hydrogen-bond donors (Lipinski definition) is 4. The number of benzene rings is 2. The number of rotatable bonds is 2. The Kier molecular flexibility index (Phi) is 7.24. The number of ether oxygens (including phenoxy) is 3. The van der Waals surface area contributed by atoms with E-state index in [1.54, 1.807) is 13.0 Å². The van der Waals surface area contributed by atoms with Crippen molar-refractivity contribution in [2.75, 3.05) is 13.4 Å². The first kappa shape index (κ1) is 24.0. The SMILES string of the molecule is CCO.N#CC1=C(N)OC2NNC(c3ccc(Cl)c(Cl)c3)C2C1c1cc2c(cc1Br)OCO2. The lowest BCUT2D eigenvalue weighted by atomic mass is 9.74. The fourth-order valence-electron chi connectivity index (χ4n) is 4.23. The lowest BCUT2D eigenvalue weighted by Gasteiger charge is -2.36. The third kappa shape index (κ3) is 4.47. The zero-order chi connectivity index (χ0) is 23.7. The number of halogens is 3. The predicted molar refractivity (Wildman–Crippen MR) is 126 cm³/mol. The van der Waals surface area contributed by atoms with E-state index in [2.05, 4.69) is 32.9 Å². The van der Waals surface area contributed by atoms with Crippen molar-refractivity contribution in [2.45, 2.75) is 25.1 Å². The summed E-state index contributed by atoms with van der Waals surface area (Å²) in [5.41, 5.74) is 14.6. The summed E-state index contributed by atoms with van der Waals surface area (Å²) in [6.45, 7) is 2.09. The van der Waals surface area contributed by atoms with E-state index in [0.717, 1.165) is 15.6 Å². The van der Waals surface area contributed by atoms with Crippen LogP contribution >= 0.6 is 39.1 Å². The van der Waals surface area contributed by atoms with Gasteiger partial charge in [-0.25, -0.2) is 10.9 Å². The molecule has 4 unspecified atom stereocenters. The number of aliphatic hydroxyl groups excluding tert-OH is 1. The van der Waals surface area contributed by atoms with E-state index in [9.17, 15) is 5.26 Å². The van der Waals surface area contributed by atoms with Crippen LogP contribution in [0, 0.1) is 17.2 Å². The number of aliphatic hydroxyl groups is 1. The van der Waals surface area contributed by atoms with Gasteiger partial charge in [-0.15, -0.1) is 0 Å². The number of fused-ring (bicyclic) bond motifs is 2. The van der Waals surface area contributed by atoms with Crippen LogP contribution in [-0.2, 0) is 4.74 Å².